The molecule has 0 aliphatic carbocycles. The van der Waals surface area contributed by atoms with E-state index in [0.29, 0.717) is 23.4 Å². The van der Waals surface area contributed by atoms with Crippen LogP contribution in [0.1, 0.15) is 32.3 Å². The minimum absolute atomic E-state index is 0.207. The molecule has 1 aromatic rings. The van der Waals surface area contributed by atoms with Crippen molar-refractivity contribution in [1.29, 1.82) is 0 Å². The van der Waals surface area contributed by atoms with E-state index in [4.69, 9.17) is 9.57 Å². The second-order valence-electron chi connectivity index (χ2n) is 4.32. The Labute approximate surface area is 126 Å². The summed E-state index contributed by atoms with van der Waals surface area (Å²) in [5, 5.41) is 0.512. The van der Waals surface area contributed by atoms with Gasteiger partial charge in [-0.3, -0.25) is 14.6 Å². The van der Waals surface area contributed by atoms with Crippen LogP contribution in [-0.2, 0) is 16.0 Å². The van der Waals surface area contributed by atoms with Gasteiger partial charge in [0.15, 0.2) is 0 Å². The summed E-state index contributed by atoms with van der Waals surface area (Å²) in [6, 6.07) is 0. The molecule has 21 heavy (non-hydrogen) atoms. The molecule has 0 aliphatic heterocycles. The van der Waals surface area contributed by atoms with E-state index >= 15 is 0 Å². The number of esters is 1. The first kappa shape index (κ1) is 17.4. The summed E-state index contributed by atoms with van der Waals surface area (Å²) in [6.45, 7) is 3.72. The fraction of sp³-hybridized carbons (Fsp3) is 0.615. The Morgan fingerprint density at radius 1 is 1.33 bits per heavy atom. The number of aromatic nitrogens is 2. The summed E-state index contributed by atoms with van der Waals surface area (Å²) in [4.78, 5) is 41.9. The number of nitrogens with zero attached hydrogens (tertiary/aromatic N) is 1. The molecule has 1 heterocycles. The SMILES string of the molecule is CCCc1c(SC)n(OCCCOC(C)=O)c(=O)[nH]c1=O. The zero-order valence-electron chi connectivity index (χ0n) is 12.4. The van der Waals surface area contributed by atoms with Gasteiger partial charge in [-0.15, -0.1) is 16.5 Å². The van der Waals surface area contributed by atoms with E-state index in [-0.39, 0.29) is 24.7 Å². The van der Waals surface area contributed by atoms with Gasteiger partial charge in [-0.25, -0.2) is 4.79 Å². The number of carbonyl (C=O) groups excluding carboxylic acids is 1. The van der Waals surface area contributed by atoms with Crippen molar-refractivity contribution in [1.82, 2.24) is 9.71 Å². The van der Waals surface area contributed by atoms with Gasteiger partial charge in [-0.1, -0.05) is 13.3 Å². The number of thioether (sulfide) groups is 1. The number of hydrogen-bond acceptors (Lipinski definition) is 6. The third kappa shape index (κ3) is 4.96. The summed E-state index contributed by atoms with van der Waals surface area (Å²) in [6.07, 6.45) is 3.61. The highest BCUT2D eigenvalue weighted by Crippen LogP contribution is 2.16. The van der Waals surface area contributed by atoms with Gasteiger partial charge >= 0.3 is 11.7 Å². The summed E-state index contributed by atoms with van der Waals surface area (Å²) in [5.74, 6) is -0.355. The molecule has 1 aromatic heterocycles. The second kappa shape index (κ2) is 8.56. The molecule has 0 saturated heterocycles. The molecule has 0 bridgehead atoms. The van der Waals surface area contributed by atoms with Crippen molar-refractivity contribution in [3.63, 3.8) is 0 Å². The normalized spacial score (nSPS) is 10.4. The van der Waals surface area contributed by atoms with Gasteiger partial charge in [0, 0.05) is 13.3 Å². The molecule has 8 heteroatoms. The van der Waals surface area contributed by atoms with E-state index in [0.717, 1.165) is 11.2 Å². The Kier molecular flexibility index (Phi) is 7.07. The van der Waals surface area contributed by atoms with Crippen molar-refractivity contribution >= 4 is 17.7 Å². The van der Waals surface area contributed by atoms with Crippen LogP contribution in [0.4, 0.5) is 0 Å². The highest BCUT2D eigenvalue weighted by Gasteiger charge is 2.14. The standard InChI is InChI=1S/C13H20N2O5S/c1-4-6-10-11(17)14-13(18)15(12(10)21-3)20-8-5-7-19-9(2)16/h4-8H2,1-3H3,(H,14,17,18). The van der Waals surface area contributed by atoms with E-state index < -0.39 is 5.69 Å². The van der Waals surface area contributed by atoms with Crippen LogP contribution in [0.15, 0.2) is 14.6 Å². The summed E-state index contributed by atoms with van der Waals surface area (Å²) in [7, 11) is 0. The molecule has 0 unspecified atom stereocenters. The summed E-state index contributed by atoms with van der Waals surface area (Å²) < 4.78 is 5.88. The van der Waals surface area contributed by atoms with Crippen LogP contribution in [0.2, 0.25) is 0 Å². The lowest BCUT2D eigenvalue weighted by molar-refractivity contribution is -0.141. The fourth-order valence-electron chi connectivity index (χ4n) is 1.76. The Morgan fingerprint density at radius 2 is 2.05 bits per heavy atom. The topological polar surface area (TPSA) is 90.4 Å². The number of H-pyrrole nitrogens is 1. The molecular weight excluding hydrogens is 296 g/mol. The van der Waals surface area contributed by atoms with Gasteiger partial charge in [0.1, 0.15) is 11.6 Å². The van der Waals surface area contributed by atoms with Gasteiger partial charge in [0.2, 0.25) is 0 Å². The first-order valence-electron chi connectivity index (χ1n) is 6.70. The smallest absolute Gasteiger partial charge is 0.362 e. The first-order valence-corrected chi connectivity index (χ1v) is 7.92. The molecule has 118 valence electrons. The average Bonchev–Trinajstić information content (AvgIpc) is 2.42. The molecule has 0 aromatic carbocycles. The van der Waals surface area contributed by atoms with E-state index in [1.807, 2.05) is 6.92 Å². The highest BCUT2D eigenvalue weighted by atomic mass is 32.2. The van der Waals surface area contributed by atoms with E-state index in [1.165, 1.54) is 18.7 Å². The zero-order chi connectivity index (χ0) is 15.8. The molecule has 0 amide bonds. The predicted molar refractivity (Wildman–Crippen MR) is 79.8 cm³/mol. The summed E-state index contributed by atoms with van der Waals surface area (Å²) >= 11 is 1.29. The van der Waals surface area contributed by atoms with E-state index in [1.54, 1.807) is 6.26 Å². The number of hydrogen-bond donors (Lipinski definition) is 1. The van der Waals surface area contributed by atoms with Gasteiger partial charge in [0.25, 0.3) is 5.56 Å². The molecular formula is C13H20N2O5S. The van der Waals surface area contributed by atoms with Crippen LogP contribution in [-0.4, -0.2) is 35.2 Å². The van der Waals surface area contributed by atoms with Crippen LogP contribution in [0.3, 0.4) is 0 Å². The molecule has 0 radical (unpaired) electrons. The number of ether oxygens (including phenoxy) is 1. The number of aromatic amines is 1. The molecule has 1 rings (SSSR count). The first-order chi connectivity index (χ1) is 10.0. The Balaban J connectivity index is 2.85. The van der Waals surface area contributed by atoms with Crippen LogP contribution in [0.5, 0.6) is 0 Å². The lowest BCUT2D eigenvalue weighted by Crippen LogP contribution is -2.38. The maximum absolute atomic E-state index is 11.8. The van der Waals surface area contributed by atoms with Crippen molar-refractivity contribution in [2.75, 3.05) is 19.5 Å². The van der Waals surface area contributed by atoms with Crippen molar-refractivity contribution < 1.29 is 14.4 Å². The van der Waals surface area contributed by atoms with Gasteiger partial charge in [-0.05, 0) is 12.7 Å². The van der Waals surface area contributed by atoms with E-state index in [9.17, 15) is 14.4 Å². The Morgan fingerprint density at radius 3 is 2.62 bits per heavy atom. The highest BCUT2D eigenvalue weighted by molar-refractivity contribution is 7.98. The molecule has 0 spiro atoms. The number of carbonyl (C=O) groups is 1. The molecule has 0 fully saturated rings. The average molecular weight is 316 g/mol. The monoisotopic (exact) mass is 316 g/mol. The third-order valence-corrected chi connectivity index (χ3v) is 3.43. The van der Waals surface area contributed by atoms with E-state index in [2.05, 4.69) is 4.98 Å². The predicted octanol–water partition coefficient (Wildman–Crippen LogP) is 0.593. The minimum atomic E-state index is -0.600. The maximum Gasteiger partial charge on any atom is 0.362 e. The molecule has 0 saturated carbocycles. The Bertz CT molecular complexity index is 593. The van der Waals surface area contributed by atoms with Crippen LogP contribution in [0, 0.1) is 0 Å². The largest absolute Gasteiger partial charge is 0.466 e. The van der Waals surface area contributed by atoms with Crippen molar-refractivity contribution in [2.24, 2.45) is 0 Å². The van der Waals surface area contributed by atoms with Gasteiger partial charge < -0.3 is 9.57 Å². The van der Waals surface area contributed by atoms with Crippen molar-refractivity contribution in [2.45, 2.75) is 38.1 Å². The van der Waals surface area contributed by atoms with Crippen LogP contribution in [0.25, 0.3) is 0 Å². The van der Waals surface area contributed by atoms with Crippen LogP contribution >= 0.6 is 11.8 Å². The zero-order valence-corrected chi connectivity index (χ0v) is 13.2. The molecule has 1 N–H and O–H groups in total. The Hall–Kier alpha value is -1.70. The van der Waals surface area contributed by atoms with Crippen molar-refractivity contribution in [3.8, 4) is 0 Å². The fourth-order valence-corrected chi connectivity index (χ4v) is 2.50. The quantitative estimate of drug-likeness (QED) is 0.327. The van der Waals surface area contributed by atoms with Gasteiger partial charge in [0.05, 0.1) is 12.2 Å². The lowest BCUT2D eigenvalue weighted by atomic mass is 10.2. The molecule has 0 aliphatic rings. The molecule has 7 nitrogen and oxygen atoms in total. The number of nitrogens with one attached hydrogen (secondary N) is 1. The van der Waals surface area contributed by atoms with Gasteiger partial charge in [-0.2, -0.15) is 0 Å². The minimum Gasteiger partial charge on any atom is -0.466 e. The maximum atomic E-state index is 11.8. The third-order valence-electron chi connectivity index (χ3n) is 2.63. The second-order valence-corrected chi connectivity index (χ2v) is 5.11. The number of rotatable bonds is 8. The van der Waals surface area contributed by atoms with Crippen molar-refractivity contribution in [3.05, 3.63) is 26.4 Å². The van der Waals surface area contributed by atoms with Crippen LogP contribution < -0.4 is 16.1 Å². The molecule has 0 atom stereocenters. The lowest BCUT2D eigenvalue weighted by Gasteiger charge is -2.14. The summed E-state index contributed by atoms with van der Waals surface area (Å²) in [5.41, 5.74) is -0.424.